The minimum Gasteiger partial charge on any atom is -0.392 e. The van der Waals surface area contributed by atoms with E-state index in [-0.39, 0.29) is 5.91 Å². The third-order valence-electron chi connectivity index (χ3n) is 5.74. The lowest BCUT2D eigenvalue weighted by atomic mass is 10.0. The first-order chi connectivity index (χ1) is 17.5. The van der Waals surface area contributed by atoms with Gasteiger partial charge in [-0.05, 0) is 42.3 Å². The molecule has 0 saturated heterocycles. The standard InChI is InChI=1S/C27H27N7O2/c1-18(35)17-30-27-29-12-11-24(33-27)34-14-13-28-25(34)16-19-5-4-7-21(15-19)31-26(36)23-10-9-20-6-2-3-8-22(20)32-23/h2-15,18,23,32,35H,16-17H2,1H3,(H,31,36)(H,29,30,33)/t18-,23?/m0/s1. The second-order valence-corrected chi connectivity index (χ2v) is 8.62. The average molecular weight is 482 g/mol. The van der Waals surface area contributed by atoms with Crippen LogP contribution in [0.15, 0.2) is 79.3 Å². The molecule has 4 aromatic rings. The number of anilines is 3. The Labute approximate surface area is 209 Å². The SMILES string of the molecule is C[C@H](O)CNc1nccc(-n2ccnc2Cc2cccc(NC(=O)C3C=Cc4ccccc4N3)c2)n1. The van der Waals surface area contributed by atoms with Crippen molar-refractivity contribution in [2.24, 2.45) is 0 Å². The van der Waals surface area contributed by atoms with E-state index in [0.29, 0.717) is 24.7 Å². The summed E-state index contributed by atoms with van der Waals surface area (Å²) >= 11 is 0. The van der Waals surface area contributed by atoms with Crippen molar-refractivity contribution in [3.8, 4) is 5.82 Å². The molecule has 0 bridgehead atoms. The lowest BCUT2D eigenvalue weighted by molar-refractivity contribution is -0.116. The first kappa shape index (κ1) is 23.3. The van der Waals surface area contributed by atoms with Gasteiger partial charge in [-0.25, -0.2) is 9.97 Å². The highest BCUT2D eigenvalue weighted by Crippen LogP contribution is 2.23. The van der Waals surface area contributed by atoms with Crippen molar-refractivity contribution in [1.29, 1.82) is 0 Å². The Balaban J connectivity index is 1.27. The highest BCUT2D eigenvalue weighted by Gasteiger charge is 2.19. The number of nitrogens with zero attached hydrogens (tertiary/aromatic N) is 4. The van der Waals surface area contributed by atoms with Gasteiger partial charge in [-0.3, -0.25) is 9.36 Å². The van der Waals surface area contributed by atoms with Crippen LogP contribution >= 0.6 is 0 Å². The number of para-hydroxylation sites is 1. The van der Waals surface area contributed by atoms with Gasteiger partial charge in [0.1, 0.15) is 17.7 Å². The van der Waals surface area contributed by atoms with Gasteiger partial charge < -0.3 is 21.1 Å². The smallest absolute Gasteiger partial charge is 0.250 e. The Hall–Kier alpha value is -4.50. The maximum Gasteiger partial charge on any atom is 0.250 e. The molecule has 2 aromatic heterocycles. The molecule has 182 valence electrons. The van der Waals surface area contributed by atoms with Crippen molar-refractivity contribution in [2.75, 3.05) is 22.5 Å². The van der Waals surface area contributed by atoms with E-state index in [9.17, 15) is 9.90 Å². The van der Waals surface area contributed by atoms with Crippen molar-refractivity contribution >= 4 is 29.3 Å². The van der Waals surface area contributed by atoms with Crippen LogP contribution < -0.4 is 16.0 Å². The van der Waals surface area contributed by atoms with Gasteiger partial charge in [0.25, 0.3) is 5.91 Å². The number of imidazole rings is 1. The molecule has 1 aliphatic rings. The van der Waals surface area contributed by atoms with E-state index >= 15 is 0 Å². The predicted molar refractivity (Wildman–Crippen MR) is 140 cm³/mol. The molecule has 1 amide bonds. The zero-order valence-electron chi connectivity index (χ0n) is 19.8. The van der Waals surface area contributed by atoms with Crippen LogP contribution in [-0.4, -0.2) is 49.2 Å². The van der Waals surface area contributed by atoms with E-state index in [0.717, 1.165) is 28.3 Å². The van der Waals surface area contributed by atoms with Gasteiger partial charge in [0.2, 0.25) is 5.95 Å². The quantitative estimate of drug-likeness (QED) is 0.304. The van der Waals surface area contributed by atoms with Gasteiger partial charge in [0, 0.05) is 42.9 Å². The average Bonchev–Trinajstić information content (AvgIpc) is 3.35. The fourth-order valence-corrected chi connectivity index (χ4v) is 3.99. The fourth-order valence-electron chi connectivity index (χ4n) is 3.99. The van der Waals surface area contributed by atoms with Crippen LogP contribution in [0.4, 0.5) is 17.3 Å². The molecule has 4 N–H and O–H groups in total. The number of hydrogen-bond donors (Lipinski definition) is 4. The number of aliphatic hydroxyl groups excluding tert-OH is 1. The topological polar surface area (TPSA) is 117 Å². The van der Waals surface area contributed by atoms with Crippen LogP contribution in [0.1, 0.15) is 23.9 Å². The molecule has 36 heavy (non-hydrogen) atoms. The number of benzene rings is 2. The van der Waals surface area contributed by atoms with Crippen LogP contribution in [0.25, 0.3) is 11.9 Å². The molecule has 2 atom stereocenters. The summed E-state index contributed by atoms with van der Waals surface area (Å²) in [5.74, 6) is 1.78. The predicted octanol–water partition coefficient (Wildman–Crippen LogP) is 3.49. The monoisotopic (exact) mass is 481 g/mol. The highest BCUT2D eigenvalue weighted by molar-refractivity contribution is 6.00. The molecule has 0 spiro atoms. The number of nitrogens with one attached hydrogen (secondary N) is 3. The Morgan fingerprint density at radius 2 is 2.03 bits per heavy atom. The number of carbonyl (C=O) groups is 1. The second-order valence-electron chi connectivity index (χ2n) is 8.62. The third-order valence-corrected chi connectivity index (χ3v) is 5.74. The summed E-state index contributed by atoms with van der Waals surface area (Å²) in [6, 6.07) is 17.0. The van der Waals surface area contributed by atoms with E-state index in [1.165, 1.54) is 0 Å². The summed E-state index contributed by atoms with van der Waals surface area (Å²) < 4.78 is 1.90. The van der Waals surface area contributed by atoms with E-state index < -0.39 is 12.1 Å². The number of fused-ring (bicyclic) bond motifs is 1. The summed E-state index contributed by atoms with van der Waals surface area (Å²) in [7, 11) is 0. The van der Waals surface area contributed by atoms with E-state index in [4.69, 9.17) is 0 Å². The Kier molecular flexibility index (Phi) is 6.72. The lowest BCUT2D eigenvalue weighted by Gasteiger charge is -2.21. The fraction of sp³-hybridized carbons (Fsp3) is 0.185. The number of hydrogen-bond acceptors (Lipinski definition) is 7. The molecule has 9 nitrogen and oxygen atoms in total. The van der Waals surface area contributed by atoms with E-state index in [2.05, 4.69) is 30.9 Å². The number of carbonyl (C=O) groups excluding carboxylic acids is 1. The largest absolute Gasteiger partial charge is 0.392 e. The Bertz CT molecular complexity index is 1400. The van der Waals surface area contributed by atoms with Crippen LogP contribution in [-0.2, 0) is 11.2 Å². The number of aliphatic hydroxyl groups is 1. The Morgan fingerprint density at radius 3 is 2.92 bits per heavy atom. The molecule has 1 unspecified atom stereocenters. The Morgan fingerprint density at radius 1 is 1.14 bits per heavy atom. The second kappa shape index (κ2) is 10.4. The van der Waals surface area contributed by atoms with E-state index in [1.54, 1.807) is 25.4 Å². The number of rotatable bonds is 8. The van der Waals surface area contributed by atoms with Gasteiger partial charge in [-0.2, -0.15) is 4.98 Å². The maximum atomic E-state index is 12.9. The number of aromatic nitrogens is 4. The highest BCUT2D eigenvalue weighted by atomic mass is 16.3. The molecule has 0 fully saturated rings. The summed E-state index contributed by atoms with van der Waals surface area (Å²) in [5.41, 5.74) is 3.72. The zero-order valence-corrected chi connectivity index (χ0v) is 19.8. The number of amides is 1. The molecule has 0 saturated carbocycles. The molecule has 3 heterocycles. The molecule has 0 aliphatic carbocycles. The van der Waals surface area contributed by atoms with Crippen LogP contribution in [0.5, 0.6) is 0 Å². The molecule has 5 rings (SSSR count). The van der Waals surface area contributed by atoms with Crippen molar-refractivity contribution in [3.05, 3.63) is 96.2 Å². The van der Waals surface area contributed by atoms with Crippen LogP contribution in [0, 0.1) is 0 Å². The summed E-state index contributed by atoms with van der Waals surface area (Å²) in [4.78, 5) is 26.1. The van der Waals surface area contributed by atoms with Gasteiger partial charge in [0.15, 0.2) is 0 Å². The van der Waals surface area contributed by atoms with Gasteiger partial charge in [0.05, 0.1) is 6.10 Å². The molecule has 2 aromatic carbocycles. The van der Waals surface area contributed by atoms with Crippen molar-refractivity contribution in [3.63, 3.8) is 0 Å². The van der Waals surface area contributed by atoms with Crippen LogP contribution in [0.2, 0.25) is 0 Å². The van der Waals surface area contributed by atoms with Gasteiger partial charge in [-0.15, -0.1) is 0 Å². The van der Waals surface area contributed by atoms with Crippen molar-refractivity contribution in [2.45, 2.75) is 25.5 Å². The molecular formula is C27H27N7O2. The van der Waals surface area contributed by atoms with Gasteiger partial charge in [-0.1, -0.05) is 42.5 Å². The first-order valence-corrected chi connectivity index (χ1v) is 11.8. The zero-order chi connectivity index (χ0) is 24.9. The first-order valence-electron chi connectivity index (χ1n) is 11.8. The lowest BCUT2D eigenvalue weighted by Crippen LogP contribution is -2.34. The minimum atomic E-state index is -0.505. The summed E-state index contributed by atoms with van der Waals surface area (Å²) in [6.07, 6.45) is 9.11. The third kappa shape index (κ3) is 5.42. The molecule has 1 aliphatic heterocycles. The summed E-state index contributed by atoms with van der Waals surface area (Å²) in [5, 5.41) is 18.8. The summed E-state index contributed by atoms with van der Waals surface area (Å²) in [6.45, 7) is 2.06. The molecular weight excluding hydrogens is 454 g/mol. The minimum absolute atomic E-state index is 0.127. The van der Waals surface area contributed by atoms with E-state index in [1.807, 2.05) is 71.4 Å². The maximum absolute atomic E-state index is 12.9. The molecule has 0 radical (unpaired) electrons. The van der Waals surface area contributed by atoms with Gasteiger partial charge >= 0.3 is 0 Å². The van der Waals surface area contributed by atoms with Crippen LogP contribution in [0.3, 0.4) is 0 Å². The molecule has 9 heteroatoms. The van der Waals surface area contributed by atoms with Crippen molar-refractivity contribution < 1.29 is 9.90 Å². The normalized spacial score (nSPS) is 15.0. The van der Waals surface area contributed by atoms with Crippen molar-refractivity contribution in [1.82, 2.24) is 19.5 Å².